The van der Waals surface area contributed by atoms with E-state index in [-0.39, 0.29) is 11.9 Å². The number of nitrogens with zero attached hydrogens (tertiary/aromatic N) is 3. The summed E-state index contributed by atoms with van der Waals surface area (Å²) in [5.41, 5.74) is 4.57. The van der Waals surface area contributed by atoms with Crippen molar-refractivity contribution in [2.45, 2.75) is 45.7 Å². The molecule has 1 saturated carbocycles. The summed E-state index contributed by atoms with van der Waals surface area (Å²) in [7, 11) is 0. The largest absolute Gasteiger partial charge is 0.439 e. The number of ether oxygens (including phenoxy) is 1. The zero-order valence-electron chi connectivity index (χ0n) is 19.9. The van der Waals surface area contributed by atoms with Gasteiger partial charge < -0.3 is 9.64 Å². The number of rotatable bonds is 8. The smallest absolute Gasteiger partial charge is 0.254 e. The molecule has 3 aromatic carbocycles. The molecule has 0 radical (unpaired) electrons. The maximum Gasteiger partial charge on any atom is 0.254 e. The molecule has 35 heavy (non-hydrogen) atoms. The average Bonchev–Trinajstić information content (AvgIpc) is 3.67. The van der Waals surface area contributed by atoms with Gasteiger partial charge in [0.05, 0.1) is 23.5 Å². The summed E-state index contributed by atoms with van der Waals surface area (Å²) < 4.78 is 8.33. The summed E-state index contributed by atoms with van der Waals surface area (Å²) in [4.78, 5) is 15.5. The van der Waals surface area contributed by atoms with Crippen LogP contribution in [0, 0.1) is 6.92 Å². The van der Waals surface area contributed by atoms with Crippen molar-refractivity contribution in [3.63, 3.8) is 0 Å². The lowest BCUT2D eigenvalue weighted by Crippen LogP contribution is -2.33. The molecule has 0 unspecified atom stereocenters. The van der Waals surface area contributed by atoms with Crippen LogP contribution in [0.15, 0.2) is 78.9 Å². The van der Waals surface area contributed by atoms with Gasteiger partial charge in [0.15, 0.2) is 0 Å². The van der Waals surface area contributed by atoms with Gasteiger partial charge in [-0.25, -0.2) is 4.68 Å². The molecule has 1 aromatic heterocycles. The van der Waals surface area contributed by atoms with E-state index in [9.17, 15) is 4.79 Å². The molecule has 0 N–H and O–H groups in total. The van der Waals surface area contributed by atoms with Crippen molar-refractivity contribution in [1.82, 2.24) is 14.7 Å². The molecule has 0 saturated heterocycles. The maximum absolute atomic E-state index is 13.5. The Kier molecular flexibility index (Phi) is 6.60. The van der Waals surface area contributed by atoms with Crippen molar-refractivity contribution in [2.75, 3.05) is 0 Å². The first-order valence-electron chi connectivity index (χ1n) is 12.0. The number of para-hydroxylation sites is 1. The van der Waals surface area contributed by atoms with Crippen molar-refractivity contribution in [1.29, 1.82) is 0 Å². The Morgan fingerprint density at radius 3 is 2.34 bits per heavy atom. The molecule has 1 heterocycles. The highest BCUT2D eigenvalue weighted by Crippen LogP contribution is 2.36. The Balaban J connectivity index is 1.57. The zero-order chi connectivity index (χ0) is 24.4. The number of hydrogen-bond acceptors (Lipinski definition) is 3. The van der Waals surface area contributed by atoms with E-state index in [0.717, 1.165) is 47.5 Å². The van der Waals surface area contributed by atoms with Crippen molar-refractivity contribution in [3.8, 4) is 17.3 Å². The highest BCUT2D eigenvalue weighted by Gasteiger charge is 2.35. The first-order valence-corrected chi connectivity index (χ1v) is 12.4. The molecule has 0 atom stereocenters. The molecule has 1 aliphatic carbocycles. The maximum atomic E-state index is 13.5. The predicted octanol–water partition coefficient (Wildman–Crippen LogP) is 6.99. The van der Waals surface area contributed by atoms with Crippen LogP contribution in [0.1, 0.15) is 46.9 Å². The van der Waals surface area contributed by atoms with Crippen LogP contribution < -0.4 is 4.74 Å². The SMILES string of the molecule is CCc1nn(-c2ccccc2)c(Oc2ccc(C)cc2)c1CN(C(=O)c1ccc(Cl)cc1)C1CC1. The van der Waals surface area contributed by atoms with Crippen molar-refractivity contribution < 1.29 is 9.53 Å². The minimum Gasteiger partial charge on any atom is -0.439 e. The molecule has 4 aromatic rings. The second-order valence-corrected chi connectivity index (χ2v) is 9.35. The third-order valence-corrected chi connectivity index (χ3v) is 6.51. The molecular formula is C29H28ClN3O2. The highest BCUT2D eigenvalue weighted by atomic mass is 35.5. The average molecular weight is 486 g/mol. The lowest BCUT2D eigenvalue weighted by molar-refractivity contribution is 0.0728. The summed E-state index contributed by atoms with van der Waals surface area (Å²) in [6, 6.07) is 25.3. The Labute approximate surface area is 210 Å². The third kappa shape index (κ3) is 5.10. The minimum atomic E-state index is -0.0000308. The van der Waals surface area contributed by atoms with Gasteiger partial charge in [0, 0.05) is 16.6 Å². The molecule has 6 heteroatoms. The van der Waals surface area contributed by atoms with Gasteiger partial charge in [-0.1, -0.05) is 54.4 Å². The molecule has 1 amide bonds. The summed E-state index contributed by atoms with van der Waals surface area (Å²) in [6.07, 6.45) is 2.73. The Morgan fingerprint density at radius 1 is 1.03 bits per heavy atom. The lowest BCUT2D eigenvalue weighted by atomic mass is 10.1. The van der Waals surface area contributed by atoms with Gasteiger partial charge in [-0.2, -0.15) is 5.10 Å². The molecule has 0 spiro atoms. The van der Waals surface area contributed by atoms with E-state index in [0.29, 0.717) is 23.0 Å². The van der Waals surface area contributed by atoms with Crippen LogP contribution in [-0.2, 0) is 13.0 Å². The van der Waals surface area contributed by atoms with Gasteiger partial charge in [-0.15, -0.1) is 0 Å². The topological polar surface area (TPSA) is 47.4 Å². The molecule has 0 bridgehead atoms. The second kappa shape index (κ2) is 9.96. The van der Waals surface area contributed by atoms with Gasteiger partial charge in [-0.3, -0.25) is 4.79 Å². The van der Waals surface area contributed by atoms with Crippen LogP contribution in [0.4, 0.5) is 0 Å². The predicted molar refractivity (Wildman–Crippen MR) is 139 cm³/mol. The van der Waals surface area contributed by atoms with E-state index in [1.165, 1.54) is 0 Å². The summed E-state index contributed by atoms with van der Waals surface area (Å²) in [5.74, 6) is 1.38. The quantitative estimate of drug-likeness (QED) is 0.270. The van der Waals surface area contributed by atoms with E-state index in [4.69, 9.17) is 21.4 Å². The van der Waals surface area contributed by atoms with E-state index < -0.39 is 0 Å². The first-order chi connectivity index (χ1) is 17.0. The molecule has 0 aliphatic heterocycles. The monoisotopic (exact) mass is 485 g/mol. The van der Waals surface area contributed by atoms with Crippen molar-refractivity contribution >= 4 is 17.5 Å². The Bertz CT molecular complexity index is 1310. The van der Waals surface area contributed by atoms with Crippen molar-refractivity contribution in [2.24, 2.45) is 0 Å². The van der Waals surface area contributed by atoms with E-state index in [1.54, 1.807) is 24.3 Å². The molecule has 1 fully saturated rings. The summed E-state index contributed by atoms with van der Waals surface area (Å²) in [6.45, 7) is 4.57. The number of amides is 1. The molecule has 1 aliphatic rings. The van der Waals surface area contributed by atoms with Gasteiger partial charge in [-0.05, 0) is 74.7 Å². The fraction of sp³-hybridized carbons (Fsp3) is 0.241. The Hall–Kier alpha value is -3.57. The first kappa shape index (κ1) is 23.2. The van der Waals surface area contributed by atoms with E-state index in [2.05, 4.69) is 13.8 Å². The number of benzene rings is 3. The van der Waals surface area contributed by atoms with E-state index in [1.807, 2.05) is 64.2 Å². The number of aryl methyl sites for hydroxylation is 2. The highest BCUT2D eigenvalue weighted by molar-refractivity contribution is 6.30. The van der Waals surface area contributed by atoms with Gasteiger partial charge >= 0.3 is 0 Å². The van der Waals surface area contributed by atoms with Crippen LogP contribution in [-0.4, -0.2) is 26.6 Å². The van der Waals surface area contributed by atoms with Gasteiger partial charge in [0.2, 0.25) is 5.88 Å². The molecule has 5 rings (SSSR count). The number of halogens is 1. The van der Waals surface area contributed by atoms with Gasteiger partial charge in [0.25, 0.3) is 5.91 Å². The normalized spacial score (nSPS) is 13.0. The molecule has 5 nitrogen and oxygen atoms in total. The van der Waals surface area contributed by atoms with Crippen LogP contribution >= 0.6 is 11.6 Å². The number of carbonyl (C=O) groups excluding carboxylic acids is 1. The fourth-order valence-corrected chi connectivity index (χ4v) is 4.30. The molecule has 178 valence electrons. The standard InChI is InChI=1S/C29H28ClN3O2/c1-3-27-26(19-32(23-15-16-23)28(34)21-11-13-22(30)14-12-21)29(35-25-17-9-20(2)10-18-25)33(31-27)24-7-5-4-6-8-24/h4-14,17-18,23H,3,15-16,19H2,1-2H3. The number of aromatic nitrogens is 2. The van der Waals surface area contributed by atoms with Crippen LogP contribution in [0.3, 0.4) is 0 Å². The zero-order valence-corrected chi connectivity index (χ0v) is 20.7. The van der Waals surface area contributed by atoms with Gasteiger partial charge in [0.1, 0.15) is 5.75 Å². The number of hydrogen-bond donors (Lipinski definition) is 0. The second-order valence-electron chi connectivity index (χ2n) is 8.92. The summed E-state index contributed by atoms with van der Waals surface area (Å²) >= 11 is 6.06. The Morgan fingerprint density at radius 2 is 1.71 bits per heavy atom. The number of carbonyl (C=O) groups is 1. The lowest BCUT2D eigenvalue weighted by Gasteiger charge is -2.23. The summed E-state index contributed by atoms with van der Waals surface area (Å²) in [5, 5.41) is 5.54. The van der Waals surface area contributed by atoms with Crippen LogP contribution in [0.2, 0.25) is 5.02 Å². The van der Waals surface area contributed by atoms with Crippen molar-refractivity contribution in [3.05, 3.63) is 106 Å². The minimum absolute atomic E-state index is 0.0000308. The van der Waals surface area contributed by atoms with Crippen LogP contribution in [0.25, 0.3) is 5.69 Å². The molecular weight excluding hydrogens is 458 g/mol. The van der Waals surface area contributed by atoms with E-state index >= 15 is 0 Å². The third-order valence-electron chi connectivity index (χ3n) is 6.26. The van der Waals surface area contributed by atoms with Crippen LogP contribution in [0.5, 0.6) is 11.6 Å². The fourth-order valence-electron chi connectivity index (χ4n) is 4.17.